The number of amides is 1. The van der Waals surface area contributed by atoms with Gasteiger partial charge in [-0.1, -0.05) is 18.9 Å². The minimum absolute atomic E-state index is 0. The first kappa shape index (κ1) is 20.8. The molecule has 1 saturated heterocycles. The molecular formula is C18H24ClF3N2O2. The standard InChI is InChI=1S/C18H23F3N2O2.ClH/c1-11-13(7-4-8-16(11)25-10-18(19,20)21)23-17(24)15-9-12-5-2-3-6-14(12)22-15;/h4,7-8,12,14-15,22H,2-3,5-6,9-10H2,1H3,(H,23,24);1H. The molecule has 0 radical (unpaired) electrons. The second-order valence-electron chi connectivity index (χ2n) is 6.93. The van der Waals surface area contributed by atoms with Crippen LogP contribution in [0.2, 0.25) is 0 Å². The van der Waals surface area contributed by atoms with Crippen LogP contribution in [-0.2, 0) is 4.79 Å². The molecule has 2 N–H and O–H groups in total. The Kier molecular flexibility index (Phi) is 6.80. The van der Waals surface area contributed by atoms with E-state index in [4.69, 9.17) is 4.74 Å². The molecule has 3 atom stereocenters. The Bertz CT molecular complexity index is 625. The van der Waals surface area contributed by atoms with Gasteiger partial charge in [0, 0.05) is 17.3 Å². The van der Waals surface area contributed by atoms with E-state index in [-0.39, 0.29) is 30.1 Å². The summed E-state index contributed by atoms with van der Waals surface area (Å²) in [6, 6.07) is 4.89. The molecule has 1 aliphatic carbocycles. The van der Waals surface area contributed by atoms with Gasteiger partial charge in [-0.2, -0.15) is 13.2 Å². The van der Waals surface area contributed by atoms with E-state index in [9.17, 15) is 18.0 Å². The summed E-state index contributed by atoms with van der Waals surface area (Å²) in [5, 5.41) is 6.24. The lowest BCUT2D eigenvalue weighted by molar-refractivity contribution is -0.153. The quantitative estimate of drug-likeness (QED) is 0.806. The highest BCUT2D eigenvalue weighted by atomic mass is 35.5. The van der Waals surface area contributed by atoms with Crippen molar-refractivity contribution in [1.82, 2.24) is 5.32 Å². The summed E-state index contributed by atoms with van der Waals surface area (Å²) < 4.78 is 41.8. The van der Waals surface area contributed by atoms with Crippen LogP contribution in [0.5, 0.6) is 5.75 Å². The van der Waals surface area contributed by atoms with Gasteiger partial charge < -0.3 is 15.4 Å². The maximum Gasteiger partial charge on any atom is 0.422 e. The number of benzene rings is 1. The SMILES string of the molecule is Cc1c(NC(=O)C2CC3CCCCC3N2)cccc1OCC(F)(F)F.Cl. The van der Waals surface area contributed by atoms with Crippen molar-refractivity contribution in [2.24, 2.45) is 5.92 Å². The fourth-order valence-electron chi connectivity index (χ4n) is 3.81. The highest BCUT2D eigenvalue weighted by molar-refractivity contribution is 5.96. The third-order valence-corrected chi connectivity index (χ3v) is 5.11. The van der Waals surface area contributed by atoms with E-state index in [1.165, 1.54) is 18.9 Å². The van der Waals surface area contributed by atoms with Gasteiger partial charge in [0.25, 0.3) is 0 Å². The lowest BCUT2D eigenvalue weighted by Crippen LogP contribution is -2.40. The van der Waals surface area contributed by atoms with Crippen LogP contribution in [0.15, 0.2) is 18.2 Å². The average molecular weight is 393 g/mol. The summed E-state index contributed by atoms with van der Waals surface area (Å²) in [4.78, 5) is 12.5. The van der Waals surface area contributed by atoms with Gasteiger partial charge >= 0.3 is 6.18 Å². The summed E-state index contributed by atoms with van der Waals surface area (Å²) >= 11 is 0. The number of nitrogens with one attached hydrogen (secondary N) is 2. The Labute approximate surface area is 157 Å². The van der Waals surface area contributed by atoms with Crippen LogP contribution in [-0.4, -0.2) is 30.8 Å². The molecule has 4 nitrogen and oxygen atoms in total. The lowest BCUT2D eigenvalue weighted by atomic mass is 9.85. The molecule has 2 aliphatic rings. The first-order chi connectivity index (χ1) is 11.8. The summed E-state index contributed by atoms with van der Waals surface area (Å²) in [5.74, 6) is 0.542. The number of anilines is 1. The second-order valence-corrected chi connectivity index (χ2v) is 6.93. The predicted octanol–water partition coefficient (Wildman–Crippen LogP) is 4.22. The van der Waals surface area contributed by atoms with Crippen LogP contribution in [0.4, 0.5) is 18.9 Å². The van der Waals surface area contributed by atoms with Crippen molar-refractivity contribution < 1.29 is 22.7 Å². The minimum Gasteiger partial charge on any atom is -0.484 e. The predicted molar refractivity (Wildman–Crippen MR) is 95.9 cm³/mol. The van der Waals surface area contributed by atoms with Gasteiger partial charge in [0.2, 0.25) is 5.91 Å². The Morgan fingerprint density at radius 3 is 2.73 bits per heavy atom. The molecule has 1 aliphatic heterocycles. The Hall–Kier alpha value is -1.47. The van der Waals surface area contributed by atoms with Crippen LogP contribution >= 0.6 is 12.4 Å². The van der Waals surface area contributed by atoms with Crippen molar-refractivity contribution in [3.8, 4) is 5.75 Å². The molecule has 26 heavy (non-hydrogen) atoms. The number of carbonyl (C=O) groups excluding carboxylic acids is 1. The van der Waals surface area contributed by atoms with E-state index in [2.05, 4.69) is 10.6 Å². The highest BCUT2D eigenvalue weighted by Crippen LogP contribution is 2.34. The Morgan fingerprint density at radius 2 is 2.04 bits per heavy atom. The van der Waals surface area contributed by atoms with Crippen LogP contribution < -0.4 is 15.4 Å². The zero-order valence-corrected chi connectivity index (χ0v) is 15.4. The Morgan fingerprint density at radius 1 is 1.31 bits per heavy atom. The van der Waals surface area contributed by atoms with Gasteiger partial charge in [0.05, 0.1) is 6.04 Å². The normalized spacial score (nSPS) is 25.2. The first-order valence-corrected chi connectivity index (χ1v) is 8.69. The molecule has 0 spiro atoms. The van der Waals surface area contributed by atoms with Gasteiger partial charge in [-0.15, -0.1) is 12.4 Å². The summed E-state index contributed by atoms with van der Waals surface area (Å²) in [5.41, 5.74) is 0.983. The Balaban J connectivity index is 0.00000243. The molecule has 1 amide bonds. The fourth-order valence-corrected chi connectivity index (χ4v) is 3.81. The van der Waals surface area contributed by atoms with Crippen LogP contribution in [0.1, 0.15) is 37.7 Å². The van der Waals surface area contributed by atoms with Crippen LogP contribution in [0.3, 0.4) is 0 Å². The summed E-state index contributed by atoms with van der Waals surface area (Å²) in [7, 11) is 0. The molecule has 1 saturated carbocycles. The van der Waals surface area contributed by atoms with Gasteiger partial charge in [0.15, 0.2) is 6.61 Å². The van der Waals surface area contributed by atoms with Crippen molar-refractivity contribution in [3.63, 3.8) is 0 Å². The largest absolute Gasteiger partial charge is 0.484 e. The van der Waals surface area contributed by atoms with E-state index in [1.807, 2.05) is 0 Å². The van der Waals surface area contributed by atoms with Crippen molar-refractivity contribution >= 4 is 24.0 Å². The van der Waals surface area contributed by atoms with E-state index in [1.54, 1.807) is 19.1 Å². The zero-order valence-electron chi connectivity index (χ0n) is 14.6. The second kappa shape index (κ2) is 8.48. The van der Waals surface area contributed by atoms with Crippen LogP contribution in [0, 0.1) is 12.8 Å². The van der Waals surface area contributed by atoms with E-state index in [0.717, 1.165) is 19.3 Å². The monoisotopic (exact) mass is 392 g/mol. The molecule has 8 heteroatoms. The third kappa shape index (κ3) is 5.04. The highest BCUT2D eigenvalue weighted by Gasteiger charge is 2.38. The van der Waals surface area contributed by atoms with Gasteiger partial charge in [0.1, 0.15) is 5.75 Å². The van der Waals surface area contributed by atoms with Crippen LogP contribution in [0.25, 0.3) is 0 Å². The maximum absolute atomic E-state index is 12.5. The van der Waals surface area contributed by atoms with E-state index >= 15 is 0 Å². The molecule has 2 fully saturated rings. The third-order valence-electron chi connectivity index (χ3n) is 5.11. The number of carbonyl (C=O) groups is 1. The molecule has 0 bridgehead atoms. The average Bonchev–Trinajstić information content (AvgIpc) is 2.99. The molecule has 1 heterocycles. The molecule has 0 aromatic heterocycles. The molecule has 146 valence electrons. The van der Waals surface area contributed by atoms with Crippen molar-refractivity contribution in [2.75, 3.05) is 11.9 Å². The zero-order chi connectivity index (χ0) is 18.0. The number of halogens is 4. The molecule has 1 aromatic carbocycles. The number of alkyl halides is 3. The summed E-state index contributed by atoms with van der Waals surface area (Å²) in [6.45, 7) is 0.294. The molecule has 3 unspecified atom stereocenters. The number of ether oxygens (including phenoxy) is 1. The smallest absolute Gasteiger partial charge is 0.422 e. The maximum atomic E-state index is 12.5. The van der Waals surface area contributed by atoms with Crippen molar-refractivity contribution in [1.29, 1.82) is 0 Å². The number of fused-ring (bicyclic) bond motifs is 1. The molecule has 1 aromatic rings. The van der Waals surface area contributed by atoms with Crippen molar-refractivity contribution in [2.45, 2.75) is 57.3 Å². The number of rotatable bonds is 4. The van der Waals surface area contributed by atoms with E-state index < -0.39 is 12.8 Å². The van der Waals surface area contributed by atoms with Gasteiger partial charge in [-0.3, -0.25) is 4.79 Å². The van der Waals surface area contributed by atoms with Gasteiger partial charge in [-0.05, 0) is 44.2 Å². The summed E-state index contributed by atoms with van der Waals surface area (Å²) in [6.07, 6.45) is 1.10. The van der Waals surface area contributed by atoms with Crippen molar-refractivity contribution in [3.05, 3.63) is 23.8 Å². The fraction of sp³-hybridized carbons (Fsp3) is 0.611. The topological polar surface area (TPSA) is 50.4 Å². The number of hydrogen-bond acceptors (Lipinski definition) is 3. The lowest BCUT2D eigenvalue weighted by Gasteiger charge is -2.24. The van der Waals surface area contributed by atoms with Gasteiger partial charge in [-0.25, -0.2) is 0 Å². The van der Waals surface area contributed by atoms with E-state index in [0.29, 0.717) is 23.2 Å². The first-order valence-electron chi connectivity index (χ1n) is 8.69. The molecular weight excluding hydrogens is 369 g/mol. The minimum atomic E-state index is -4.39. The molecule has 3 rings (SSSR count). The number of hydrogen-bond donors (Lipinski definition) is 2.